The van der Waals surface area contributed by atoms with Crippen molar-refractivity contribution in [2.45, 2.75) is 9.99 Å². The van der Waals surface area contributed by atoms with Gasteiger partial charge in [-0.05, 0) is 34.1 Å². The number of furan rings is 1. The number of Topliss-reactive ketones (excluding diaryl/α,β-unsaturated/α-hetero) is 1. The van der Waals surface area contributed by atoms with Crippen molar-refractivity contribution in [2.24, 2.45) is 0 Å². The quantitative estimate of drug-likeness (QED) is 0.151. The number of hydrogen-bond acceptors (Lipinski definition) is 6. The number of carbonyl (C=O) groups excluding carboxylic acids is 1. The molecule has 6 nitrogen and oxygen atoms in total. The Balaban J connectivity index is 1.88. The Labute approximate surface area is 172 Å². The summed E-state index contributed by atoms with van der Waals surface area (Å²) in [7, 11) is 0. The Kier molecular flexibility index (Phi) is 6.09. The van der Waals surface area contributed by atoms with Crippen LogP contribution in [0.2, 0.25) is 0 Å². The summed E-state index contributed by atoms with van der Waals surface area (Å²) < 4.78 is 6.41. The van der Waals surface area contributed by atoms with Gasteiger partial charge in [0.25, 0.3) is 5.69 Å². The first-order valence-corrected chi connectivity index (χ1v) is 9.52. The lowest BCUT2D eigenvalue weighted by Gasteiger charge is -1.99. The van der Waals surface area contributed by atoms with Crippen LogP contribution in [0.4, 0.5) is 5.69 Å². The zero-order valence-corrected chi connectivity index (χ0v) is 16.6. The van der Waals surface area contributed by atoms with Gasteiger partial charge >= 0.3 is 0 Å². The Hall–Kier alpha value is -3.15. The fourth-order valence-corrected chi connectivity index (χ4v) is 3.66. The molecule has 8 heteroatoms. The number of nitro benzene ring substituents is 1. The largest absolute Gasteiger partial charge is 0.449 e. The van der Waals surface area contributed by atoms with E-state index in [1.54, 1.807) is 6.07 Å². The molecule has 0 spiro atoms. The van der Waals surface area contributed by atoms with E-state index in [1.807, 2.05) is 36.4 Å². The van der Waals surface area contributed by atoms with E-state index in [9.17, 15) is 20.2 Å². The molecule has 0 aliphatic carbocycles. The molecule has 0 aliphatic heterocycles. The van der Waals surface area contributed by atoms with E-state index in [2.05, 4.69) is 15.9 Å². The number of hydrogen-bond donors (Lipinski definition) is 0. The van der Waals surface area contributed by atoms with Gasteiger partial charge in [0.05, 0.1) is 9.40 Å². The van der Waals surface area contributed by atoms with E-state index in [4.69, 9.17) is 4.42 Å². The van der Waals surface area contributed by atoms with Crippen LogP contribution < -0.4 is 0 Å². The fraction of sp³-hybridized carbons (Fsp3) is 0. The van der Waals surface area contributed by atoms with E-state index in [-0.39, 0.29) is 16.8 Å². The monoisotopic (exact) mass is 454 g/mol. The van der Waals surface area contributed by atoms with E-state index in [0.29, 0.717) is 15.3 Å². The molecule has 0 amide bonds. The Morgan fingerprint density at radius 3 is 2.61 bits per heavy atom. The Morgan fingerprint density at radius 2 is 1.93 bits per heavy atom. The maximum absolute atomic E-state index is 12.6. The van der Waals surface area contributed by atoms with Crippen molar-refractivity contribution in [3.63, 3.8) is 0 Å². The van der Waals surface area contributed by atoms with Crippen LogP contribution in [-0.2, 0) is 0 Å². The van der Waals surface area contributed by atoms with Gasteiger partial charge in [-0.3, -0.25) is 14.9 Å². The third kappa shape index (κ3) is 4.57. The van der Waals surface area contributed by atoms with Crippen molar-refractivity contribution in [3.8, 4) is 6.07 Å². The van der Waals surface area contributed by atoms with Gasteiger partial charge in [-0.25, -0.2) is 0 Å². The van der Waals surface area contributed by atoms with Crippen molar-refractivity contribution in [3.05, 3.63) is 92.1 Å². The van der Waals surface area contributed by atoms with Crippen molar-refractivity contribution in [1.29, 1.82) is 5.26 Å². The predicted octanol–water partition coefficient (Wildman–Crippen LogP) is 5.89. The molecule has 2 aromatic carbocycles. The standard InChI is InChI=1S/C20H11BrN2O4S/c21-18-11-16(27-20(18)28-17-7-2-1-3-8-17)10-14(12-22)19(24)13-5-4-6-15(9-13)23(25)26/h1-11H/b14-10+. The number of benzene rings is 2. The van der Waals surface area contributed by atoms with Gasteiger partial charge in [0.2, 0.25) is 5.78 Å². The van der Waals surface area contributed by atoms with E-state index in [1.165, 1.54) is 36.0 Å². The summed E-state index contributed by atoms with van der Waals surface area (Å²) in [5.74, 6) is -0.295. The summed E-state index contributed by atoms with van der Waals surface area (Å²) in [4.78, 5) is 23.8. The first-order valence-electron chi connectivity index (χ1n) is 7.91. The predicted molar refractivity (Wildman–Crippen MR) is 108 cm³/mol. The minimum absolute atomic E-state index is 0.0616. The molecule has 0 N–H and O–H groups in total. The van der Waals surface area contributed by atoms with Crippen LogP contribution in [0.25, 0.3) is 6.08 Å². The maximum Gasteiger partial charge on any atom is 0.270 e. The summed E-state index contributed by atoms with van der Waals surface area (Å²) >= 11 is 4.80. The highest BCUT2D eigenvalue weighted by Gasteiger charge is 2.17. The van der Waals surface area contributed by atoms with Crippen molar-refractivity contribution in [2.75, 3.05) is 0 Å². The van der Waals surface area contributed by atoms with Crippen LogP contribution in [-0.4, -0.2) is 10.7 Å². The number of halogens is 1. The number of rotatable bonds is 6. The molecular formula is C20H11BrN2O4S. The SMILES string of the molecule is N#C/C(=C\c1cc(Br)c(Sc2ccccc2)o1)C(=O)c1cccc([N+](=O)[O-])c1. The summed E-state index contributed by atoms with van der Waals surface area (Å²) in [6, 6.07) is 18.3. The first-order chi connectivity index (χ1) is 13.5. The smallest absolute Gasteiger partial charge is 0.270 e. The molecule has 0 saturated heterocycles. The second-order valence-corrected chi connectivity index (χ2v) is 7.41. The van der Waals surface area contributed by atoms with Gasteiger partial charge < -0.3 is 4.42 Å². The number of allylic oxidation sites excluding steroid dienone is 1. The summed E-state index contributed by atoms with van der Waals surface area (Å²) in [5.41, 5.74) is -0.338. The van der Waals surface area contributed by atoms with Crippen LogP contribution >= 0.6 is 27.7 Å². The highest BCUT2D eigenvalue weighted by Crippen LogP contribution is 2.36. The second-order valence-electron chi connectivity index (χ2n) is 5.51. The number of carbonyl (C=O) groups is 1. The van der Waals surface area contributed by atoms with Crippen molar-refractivity contribution in [1.82, 2.24) is 0 Å². The number of nitrogens with zero attached hydrogens (tertiary/aromatic N) is 2. The molecule has 0 radical (unpaired) electrons. The topological polar surface area (TPSA) is 97.1 Å². The molecule has 28 heavy (non-hydrogen) atoms. The van der Waals surface area contributed by atoms with Crippen molar-refractivity contribution < 1.29 is 14.1 Å². The van der Waals surface area contributed by atoms with Crippen LogP contribution in [0.1, 0.15) is 16.1 Å². The van der Waals surface area contributed by atoms with Crippen LogP contribution in [0.15, 0.2) is 85.1 Å². The Bertz CT molecular complexity index is 1120. The molecule has 0 atom stereocenters. The van der Waals surface area contributed by atoms with Crippen LogP contribution in [0.5, 0.6) is 0 Å². The van der Waals surface area contributed by atoms with Crippen LogP contribution in [0, 0.1) is 21.4 Å². The molecule has 1 heterocycles. The molecule has 1 aromatic heterocycles. The van der Waals surface area contributed by atoms with Gasteiger partial charge in [-0.2, -0.15) is 5.26 Å². The fourth-order valence-electron chi connectivity index (χ4n) is 2.31. The first kappa shape index (κ1) is 19.6. The molecular weight excluding hydrogens is 444 g/mol. The average Bonchev–Trinajstić information content (AvgIpc) is 3.05. The third-order valence-electron chi connectivity index (χ3n) is 3.60. The summed E-state index contributed by atoms with van der Waals surface area (Å²) in [6.45, 7) is 0. The number of ketones is 1. The zero-order chi connectivity index (χ0) is 20.1. The van der Waals surface area contributed by atoms with Gasteiger partial charge in [-0.15, -0.1) is 0 Å². The van der Waals surface area contributed by atoms with Gasteiger partial charge in [0.1, 0.15) is 17.4 Å². The van der Waals surface area contributed by atoms with E-state index < -0.39 is 10.7 Å². The Morgan fingerprint density at radius 1 is 1.18 bits per heavy atom. The number of non-ortho nitro benzene ring substituents is 1. The lowest BCUT2D eigenvalue weighted by Crippen LogP contribution is -2.02. The van der Waals surface area contributed by atoms with Gasteiger partial charge in [0.15, 0.2) is 5.09 Å². The minimum atomic E-state index is -0.615. The molecule has 3 rings (SSSR count). The molecule has 3 aromatic rings. The van der Waals surface area contributed by atoms with Crippen LogP contribution in [0.3, 0.4) is 0 Å². The lowest BCUT2D eigenvalue weighted by molar-refractivity contribution is -0.384. The molecule has 138 valence electrons. The van der Waals surface area contributed by atoms with Crippen molar-refractivity contribution >= 4 is 45.2 Å². The minimum Gasteiger partial charge on any atom is -0.449 e. The highest BCUT2D eigenvalue weighted by atomic mass is 79.9. The third-order valence-corrected chi connectivity index (χ3v) is 5.45. The molecule has 0 saturated carbocycles. The normalized spacial score (nSPS) is 11.1. The number of nitriles is 1. The summed E-state index contributed by atoms with van der Waals surface area (Å²) in [5, 5.41) is 20.8. The maximum atomic E-state index is 12.6. The molecule has 0 unspecified atom stereocenters. The zero-order valence-electron chi connectivity index (χ0n) is 14.2. The summed E-state index contributed by atoms with van der Waals surface area (Å²) in [6.07, 6.45) is 1.32. The highest BCUT2D eigenvalue weighted by molar-refractivity contribution is 9.10. The molecule has 0 aliphatic rings. The average molecular weight is 455 g/mol. The van der Waals surface area contributed by atoms with Gasteiger partial charge in [0, 0.05) is 28.7 Å². The molecule has 0 bridgehead atoms. The van der Waals surface area contributed by atoms with E-state index >= 15 is 0 Å². The lowest BCUT2D eigenvalue weighted by atomic mass is 10.0. The second kappa shape index (κ2) is 8.69. The van der Waals surface area contributed by atoms with Gasteiger partial charge in [-0.1, -0.05) is 42.1 Å². The number of nitro groups is 1. The molecule has 0 fully saturated rings. The van der Waals surface area contributed by atoms with E-state index in [0.717, 1.165) is 11.0 Å².